The van der Waals surface area contributed by atoms with Crippen molar-refractivity contribution in [3.05, 3.63) is 65.2 Å². The summed E-state index contributed by atoms with van der Waals surface area (Å²) < 4.78 is 0. The summed E-state index contributed by atoms with van der Waals surface area (Å²) in [5, 5.41) is 5.66. The molecule has 4 amide bonds. The van der Waals surface area contributed by atoms with Crippen molar-refractivity contribution in [2.75, 3.05) is 5.32 Å². The van der Waals surface area contributed by atoms with Gasteiger partial charge in [-0.15, -0.1) is 0 Å². The van der Waals surface area contributed by atoms with Crippen molar-refractivity contribution in [3.8, 4) is 0 Å². The first kappa shape index (κ1) is 19.3. The molecule has 4 N–H and O–H groups in total. The fourth-order valence-electron chi connectivity index (χ4n) is 2.02. The maximum Gasteiger partial charge on any atom is 0.319 e. The SMILES string of the molecule is CC(NC(=O)Nc1ccccc1)C(=O)NNC(=O)Cc1ccc(Cl)cc1. The zero-order valence-corrected chi connectivity index (χ0v) is 14.8. The highest BCUT2D eigenvalue weighted by atomic mass is 35.5. The number of amides is 4. The Morgan fingerprint density at radius 2 is 1.62 bits per heavy atom. The molecule has 0 radical (unpaired) electrons. The van der Waals surface area contributed by atoms with Crippen molar-refractivity contribution in [1.82, 2.24) is 16.2 Å². The zero-order chi connectivity index (χ0) is 18.9. The lowest BCUT2D eigenvalue weighted by molar-refractivity contribution is -0.129. The van der Waals surface area contributed by atoms with E-state index in [4.69, 9.17) is 11.6 Å². The van der Waals surface area contributed by atoms with Crippen LogP contribution in [0.25, 0.3) is 0 Å². The van der Waals surface area contributed by atoms with E-state index in [2.05, 4.69) is 21.5 Å². The molecule has 2 aromatic rings. The van der Waals surface area contributed by atoms with Gasteiger partial charge in [0.05, 0.1) is 6.42 Å². The summed E-state index contributed by atoms with van der Waals surface area (Å²) in [6, 6.07) is 14.3. The number of halogens is 1. The molecule has 7 nitrogen and oxygen atoms in total. The molecule has 0 aromatic heterocycles. The Morgan fingerprint density at radius 3 is 2.27 bits per heavy atom. The summed E-state index contributed by atoms with van der Waals surface area (Å²) in [7, 11) is 0. The highest BCUT2D eigenvalue weighted by Crippen LogP contribution is 2.09. The Labute approximate surface area is 156 Å². The minimum Gasteiger partial charge on any atom is -0.326 e. The Bertz CT molecular complexity index is 766. The highest BCUT2D eigenvalue weighted by molar-refractivity contribution is 6.30. The van der Waals surface area contributed by atoms with Gasteiger partial charge in [-0.25, -0.2) is 4.79 Å². The monoisotopic (exact) mass is 374 g/mol. The number of hydrogen-bond acceptors (Lipinski definition) is 3. The summed E-state index contributed by atoms with van der Waals surface area (Å²) in [4.78, 5) is 35.6. The second-order valence-corrected chi connectivity index (χ2v) is 5.96. The van der Waals surface area contributed by atoms with Crippen LogP contribution >= 0.6 is 11.6 Å². The lowest BCUT2D eigenvalue weighted by Gasteiger charge is -2.15. The Morgan fingerprint density at radius 1 is 0.962 bits per heavy atom. The molecule has 26 heavy (non-hydrogen) atoms. The van der Waals surface area contributed by atoms with Crippen molar-refractivity contribution in [3.63, 3.8) is 0 Å². The van der Waals surface area contributed by atoms with Crippen LogP contribution in [-0.2, 0) is 16.0 Å². The third-order valence-electron chi connectivity index (χ3n) is 3.38. The van der Waals surface area contributed by atoms with Gasteiger partial charge in [-0.1, -0.05) is 41.9 Å². The maximum absolute atomic E-state index is 11.9. The number of urea groups is 1. The van der Waals surface area contributed by atoms with E-state index in [0.29, 0.717) is 10.7 Å². The molecule has 0 saturated heterocycles. The van der Waals surface area contributed by atoms with Gasteiger partial charge < -0.3 is 10.6 Å². The van der Waals surface area contributed by atoms with E-state index in [0.717, 1.165) is 5.56 Å². The predicted octanol–water partition coefficient (Wildman–Crippen LogP) is 2.24. The molecule has 1 atom stereocenters. The second-order valence-electron chi connectivity index (χ2n) is 5.53. The standard InChI is InChI=1S/C18H19ClN4O3/c1-12(20-18(26)21-15-5-3-2-4-6-15)17(25)23-22-16(24)11-13-7-9-14(19)10-8-13/h2-10,12H,11H2,1H3,(H,22,24)(H,23,25)(H2,20,21,26). The summed E-state index contributed by atoms with van der Waals surface area (Å²) in [5.41, 5.74) is 5.95. The average molecular weight is 375 g/mol. The lowest BCUT2D eigenvalue weighted by Crippen LogP contribution is -2.52. The van der Waals surface area contributed by atoms with Crippen LogP contribution in [0.1, 0.15) is 12.5 Å². The molecular formula is C18H19ClN4O3. The van der Waals surface area contributed by atoms with E-state index >= 15 is 0 Å². The Hall–Kier alpha value is -3.06. The molecule has 0 aliphatic heterocycles. The third-order valence-corrected chi connectivity index (χ3v) is 3.63. The number of benzene rings is 2. The van der Waals surface area contributed by atoms with Crippen LogP contribution in [0.15, 0.2) is 54.6 Å². The maximum atomic E-state index is 11.9. The van der Waals surface area contributed by atoms with Crippen molar-refractivity contribution in [2.24, 2.45) is 0 Å². The lowest BCUT2D eigenvalue weighted by atomic mass is 10.1. The van der Waals surface area contributed by atoms with E-state index < -0.39 is 18.0 Å². The quantitative estimate of drug-likeness (QED) is 0.604. The highest BCUT2D eigenvalue weighted by Gasteiger charge is 2.16. The molecule has 0 saturated carbocycles. The molecule has 0 spiro atoms. The van der Waals surface area contributed by atoms with Crippen LogP contribution < -0.4 is 21.5 Å². The number of anilines is 1. The van der Waals surface area contributed by atoms with Gasteiger partial charge in [0, 0.05) is 10.7 Å². The van der Waals surface area contributed by atoms with E-state index in [1.54, 1.807) is 48.5 Å². The van der Waals surface area contributed by atoms with E-state index in [9.17, 15) is 14.4 Å². The molecular weight excluding hydrogens is 356 g/mol. The number of nitrogens with one attached hydrogen (secondary N) is 4. The first-order chi connectivity index (χ1) is 12.4. The fraction of sp³-hybridized carbons (Fsp3) is 0.167. The fourth-order valence-corrected chi connectivity index (χ4v) is 2.15. The van der Waals surface area contributed by atoms with Gasteiger partial charge in [0.1, 0.15) is 6.04 Å². The summed E-state index contributed by atoms with van der Waals surface area (Å²) in [6.45, 7) is 1.51. The molecule has 1 unspecified atom stereocenters. The zero-order valence-electron chi connectivity index (χ0n) is 14.1. The first-order valence-corrected chi connectivity index (χ1v) is 8.27. The molecule has 0 fully saturated rings. The number of carbonyl (C=O) groups excluding carboxylic acids is 3. The van der Waals surface area contributed by atoms with Crippen LogP contribution in [-0.4, -0.2) is 23.9 Å². The van der Waals surface area contributed by atoms with Crippen LogP contribution in [0.4, 0.5) is 10.5 Å². The van der Waals surface area contributed by atoms with Gasteiger partial charge in [0.2, 0.25) is 5.91 Å². The first-order valence-electron chi connectivity index (χ1n) is 7.90. The molecule has 0 bridgehead atoms. The summed E-state index contributed by atoms with van der Waals surface area (Å²) in [6.07, 6.45) is 0.0910. The van der Waals surface area contributed by atoms with Gasteiger partial charge in [0.15, 0.2) is 0 Å². The van der Waals surface area contributed by atoms with Crippen LogP contribution in [0.5, 0.6) is 0 Å². The molecule has 8 heteroatoms. The largest absolute Gasteiger partial charge is 0.326 e. The summed E-state index contributed by atoms with van der Waals surface area (Å²) >= 11 is 5.78. The van der Waals surface area contributed by atoms with Crippen LogP contribution in [0.2, 0.25) is 5.02 Å². The normalized spacial score (nSPS) is 11.2. The minimum atomic E-state index is -0.838. The predicted molar refractivity (Wildman–Crippen MR) is 99.5 cm³/mol. The number of hydrazine groups is 1. The van der Waals surface area contributed by atoms with Crippen LogP contribution in [0, 0.1) is 0 Å². The Balaban J connectivity index is 1.73. The van der Waals surface area contributed by atoms with Crippen molar-refractivity contribution < 1.29 is 14.4 Å². The number of rotatable bonds is 5. The Kier molecular flexibility index (Phi) is 6.99. The van der Waals surface area contributed by atoms with Gasteiger partial charge >= 0.3 is 6.03 Å². The van der Waals surface area contributed by atoms with E-state index in [1.807, 2.05) is 6.07 Å². The minimum absolute atomic E-state index is 0.0910. The van der Waals surface area contributed by atoms with Crippen molar-refractivity contribution >= 4 is 35.1 Å². The number of carbonyl (C=O) groups is 3. The summed E-state index contributed by atoms with van der Waals surface area (Å²) in [5.74, 6) is -0.931. The van der Waals surface area contributed by atoms with Gasteiger partial charge in [0.25, 0.3) is 5.91 Å². The molecule has 0 aliphatic rings. The number of para-hydroxylation sites is 1. The number of hydrogen-bond donors (Lipinski definition) is 4. The van der Waals surface area contributed by atoms with Crippen LogP contribution in [0.3, 0.4) is 0 Å². The van der Waals surface area contributed by atoms with E-state index in [-0.39, 0.29) is 12.3 Å². The van der Waals surface area contributed by atoms with Crippen molar-refractivity contribution in [2.45, 2.75) is 19.4 Å². The molecule has 136 valence electrons. The third kappa shape index (κ3) is 6.45. The average Bonchev–Trinajstić information content (AvgIpc) is 2.62. The molecule has 2 rings (SSSR count). The molecule has 0 heterocycles. The smallest absolute Gasteiger partial charge is 0.319 e. The molecule has 0 aliphatic carbocycles. The van der Waals surface area contributed by atoms with E-state index in [1.165, 1.54) is 6.92 Å². The van der Waals surface area contributed by atoms with Crippen molar-refractivity contribution in [1.29, 1.82) is 0 Å². The topological polar surface area (TPSA) is 99.3 Å². The second kappa shape index (κ2) is 9.43. The van der Waals surface area contributed by atoms with Gasteiger partial charge in [-0.05, 0) is 36.8 Å². The van der Waals surface area contributed by atoms with Gasteiger partial charge in [-0.2, -0.15) is 0 Å². The molecule has 2 aromatic carbocycles. The van der Waals surface area contributed by atoms with Gasteiger partial charge in [-0.3, -0.25) is 20.4 Å².